The van der Waals surface area contributed by atoms with Crippen LogP contribution in [0.2, 0.25) is 0 Å². The zero-order chi connectivity index (χ0) is 14.7. The molecule has 5 heteroatoms. The molecule has 0 bridgehead atoms. The summed E-state index contributed by atoms with van der Waals surface area (Å²) in [5, 5.41) is 11.9. The molecule has 0 amide bonds. The molecule has 20 heavy (non-hydrogen) atoms. The molecule has 0 aliphatic heterocycles. The first kappa shape index (κ1) is 15.3. The molecule has 0 spiro atoms. The van der Waals surface area contributed by atoms with Crippen LogP contribution in [0.15, 0.2) is 18.2 Å². The van der Waals surface area contributed by atoms with E-state index in [1.165, 1.54) is 31.4 Å². The van der Waals surface area contributed by atoms with Crippen molar-refractivity contribution in [3.05, 3.63) is 37.6 Å². The van der Waals surface area contributed by atoms with Crippen LogP contribution in [-0.4, -0.2) is 9.49 Å². The molecule has 0 N–H and O–H groups in total. The summed E-state index contributed by atoms with van der Waals surface area (Å²) in [5.41, 5.74) is 2.53. The van der Waals surface area contributed by atoms with Crippen LogP contribution in [0.5, 0.6) is 0 Å². The Bertz CT molecular complexity index is 634. The molecule has 0 radical (unpaired) electrons. The van der Waals surface area contributed by atoms with E-state index < -0.39 is 0 Å². The lowest BCUT2D eigenvalue weighted by molar-refractivity contribution is -0.384. The van der Waals surface area contributed by atoms with Gasteiger partial charge in [-0.2, -0.15) is 0 Å². The van der Waals surface area contributed by atoms with Crippen molar-refractivity contribution in [2.75, 3.05) is 0 Å². The first-order valence-electron chi connectivity index (χ1n) is 6.97. The Labute approximate surface area is 132 Å². The predicted octanol–water partition coefficient (Wildman–Crippen LogP) is 4.81. The Hall–Kier alpha value is -1.11. The predicted molar refractivity (Wildman–Crippen MR) is 90.1 cm³/mol. The summed E-state index contributed by atoms with van der Waals surface area (Å²) >= 11 is 2.32. The number of halogens is 1. The van der Waals surface area contributed by atoms with E-state index in [4.69, 9.17) is 0 Å². The molecule has 1 aromatic carbocycles. The molecule has 108 valence electrons. The van der Waals surface area contributed by atoms with Gasteiger partial charge in [-0.3, -0.25) is 10.1 Å². The monoisotopic (exact) mass is 386 g/mol. The molecule has 1 aromatic heterocycles. The minimum atomic E-state index is -0.330. The second-order valence-corrected chi connectivity index (χ2v) is 6.17. The van der Waals surface area contributed by atoms with Crippen molar-refractivity contribution < 1.29 is 4.92 Å². The largest absolute Gasteiger partial charge is 0.347 e. The Morgan fingerprint density at radius 2 is 2.05 bits per heavy atom. The Morgan fingerprint density at radius 1 is 1.30 bits per heavy atom. The molecular formula is C15H19IN2O2. The van der Waals surface area contributed by atoms with Gasteiger partial charge >= 0.3 is 0 Å². The van der Waals surface area contributed by atoms with Crippen molar-refractivity contribution in [3.8, 4) is 0 Å². The summed E-state index contributed by atoms with van der Waals surface area (Å²) in [6.07, 6.45) is 5.96. The van der Waals surface area contributed by atoms with Crippen molar-refractivity contribution in [1.29, 1.82) is 0 Å². The number of fused-ring (bicyclic) bond motifs is 1. The lowest BCUT2D eigenvalue weighted by atomic mass is 10.1. The molecular weight excluding hydrogens is 367 g/mol. The highest BCUT2D eigenvalue weighted by Gasteiger charge is 2.15. The Balaban J connectivity index is 2.33. The van der Waals surface area contributed by atoms with E-state index in [0.29, 0.717) is 0 Å². The number of nitrogens with zero attached hydrogens (tertiary/aromatic N) is 2. The summed E-state index contributed by atoms with van der Waals surface area (Å²) < 4.78 is 3.33. The third-order valence-corrected chi connectivity index (χ3v) is 4.92. The van der Waals surface area contributed by atoms with Crippen molar-refractivity contribution in [2.24, 2.45) is 7.05 Å². The molecule has 2 rings (SSSR count). The quantitative estimate of drug-likeness (QED) is 0.310. The van der Waals surface area contributed by atoms with Crippen LogP contribution in [0.1, 0.15) is 38.3 Å². The van der Waals surface area contributed by atoms with Crippen LogP contribution in [0.4, 0.5) is 5.69 Å². The van der Waals surface area contributed by atoms with Crippen molar-refractivity contribution in [1.82, 2.24) is 4.57 Å². The number of hydrogen-bond acceptors (Lipinski definition) is 2. The fraction of sp³-hybridized carbons (Fsp3) is 0.467. The van der Waals surface area contributed by atoms with Gasteiger partial charge in [0, 0.05) is 39.3 Å². The SMILES string of the molecule is CCCCCCc1c(I)c2cc([N+](=O)[O-])ccc2n1C. The summed E-state index contributed by atoms with van der Waals surface area (Å²) in [6, 6.07) is 5.12. The van der Waals surface area contributed by atoms with Crippen LogP contribution in [0.3, 0.4) is 0 Å². The van der Waals surface area contributed by atoms with Crippen molar-refractivity contribution >= 4 is 39.2 Å². The smallest absolute Gasteiger partial charge is 0.270 e. The maximum atomic E-state index is 10.9. The first-order chi connectivity index (χ1) is 9.56. The standard InChI is InChI=1S/C15H19IN2O2/c1-3-4-5-6-7-14-15(16)12-10-11(18(19)20)8-9-13(12)17(14)2/h8-10H,3-7H2,1-2H3. The summed E-state index contributed by atoms with van der Waals surface area (Å²) in [7, 11) is 2.05. The van der Waals surface area contributed by atoms with E-state index in [1.54, 1.807) is 12.1 Å². The van der Waals surface area contributed by atoms with E-state index in [9.17, 15) is 10.1 Å². The Morgan fingerprint density at radius 3 is 2.70 bits per heavy atom. The number of nitro groups is 1. The van der Waals surface area contributed by atoms with Crippen LogP contribution in [-0.2, 0) is 13.5 Å². The fourth-order valence-electron chi connectivity index (χ4n) is 2.55. The van der Waals surface area contributed by atoms with Crippen LogP contribution in [0, 0.1) is 13.7 Å². The average Bonchev–Trinajstić information content (AvgIpc) is 2.67. The van der Waals surface area contributed by atoms with Gasteiger partial charge in [-0.25, -0.2) is 0 Å². The number of nitro benzene ring substituents is 1. The first-order valence-corrected chi connectivity index (χ1v) is 8.05. The highest BCUT2D eigenvalue weighted by Crippen LogP contribution is 2.30. The highest BCUT2D eigenvalue weighted by molar-refractivity contribution is 14.1. The summed E-state index contributed by atoms with van der Waals surface area (Å²) in [5.74, 6) is 0. The molecule has 2 aromatic rings. The Kier molecular flexibility index (Phi) is 5.01. The van der Waals surface area contributed by atoms with Crippen molar-refractivity contribution in [3.63, 3.8) is 0 Å². The molecule has 0 aliphatic carbocycles. The van der Waals surface area contributed by atoms with Gasteiger partial charge in [-0.1, -0.05) is 26.2 Å². The fourth-order valence-corrected chi connectivity index (χ4v) is 3.61. The van der Waals surface area contributed by atoms with E-state index in [2.05, 4.69) is 34.1 Å². The minimum Gasteiger partial charge on any atom is -0.347 e. The minimum absolute atomic E-state index is 0.165. The molecule has 4 nitrogen and oxygen atoms in total. The molecule has 0 saturated carbocycles. The number of unbranched alkanes of at least 4 members (excludes halogenated alkanes) is 3. The lowest BCUT2D eigenvalue weighted by Gasteiger charge is -2.04. The second kappa shape index (κ2) is 6.56. The maximum Gasteiger partial charge on any atom is 0.270 e. The van der Waals surface area contributed by atoms with E-state index in [-0.39, 0.29) is 10.6 Å². The second-order valence-electron chi connectivity index (χ2n) is 5.09. The van der Waals surface area contributed by atoms with Gasteiger partial charge in [0.1, 0.15) is 0 Å². The van der Waals surface area contributed by atoms with Crippen LogP contribution in [0.25, 0.3) is 10.9 Å². The van der Waals surface area contributed by atoms with E-state index >= 15 is 0 Å². The zero-order valence-electron chi connectivity index (χ0n) is 11.9. The van der Waals surface area contributed by atoms with Gasteiger partial charge in [-0.15, -0.1) is 0 Å². The van der Waals surface area contributed by atoms with Gasteiger partial charge in [0.2, 0.25) is 0 Å². The third-order valence-electron chi connectivity index (χ3n) is 3.71. The van der Waals surface area contributed by atoms with Gasteiger partial charge in [0.05, 0.1) is 4.92 Å². The van der Waals surface area contributed by atoms with Crippen LogP contribution >= 0.6 is 22.6 Å². The van der Waals surface area contributed by atoms with Crippen molar-refractivity contribution in [2.45, 2.75) is 39.0 Å². The number of non-ortho nitro benzene ring substituents is 1. The normalized spacial score (nSPS) is 11.2. The number of aryl methyl sites for hydroxylation is 1. The third kappa shape index (κ3) is 2.97. The van der Waals surface area contributed by atoms with E-state index in [1.807, 2.05) is 13.1 Å². The van der Waals surface area contributed by atoms with Gasteiger partial charge in [-0.05, 0) is 41.5 Å². The number of benzene rings is 1. The van der Waals surface area contributed by atoms with Gasteiger partial charge < -0.3 is 4.57 Å². The summed E-state index contributed by atoms with van der Waals surface area (Å²) in [4.78, 5) is 10.6. The zero-order valence-corrected chi connectivity index (χ0v) is 14.0. The maximum absolute atomic E-state index is 10.9. The van der Waals surface area contributed by atoms with Crippen LogP contribution < -0.4 is 0 Å². The van der Waals surface area contributed by atoms with E-state index in [0.717, 1.165) is 20.9 Å². The molecule has 1 heterocycles. The molecule has 0 atom stereocenters. The number of hydrogen-bond donors (Lipinski definition) is 0. The summed E-state index contributed by atoms with van der Waals surface area (Å²) in [6.45, 7) is 2.21. The average molecular weight is 386 g/mol. The molecule has 0 unspecified atom stereocenters. The topological polar surface area (TPSA) is 48.1 Å². The number of rotatable bonds is 6. The van der Waals surface area contributed by atoms with Gasteiger partial charge in [0.15, 0.2) is 0 Å². The molecule has 0 aliphatic rings. The molecule has 0 saturated heterocycles. The molecule has 0 fully saturated rings. The highest BCUT2D eigenvalue weighted by atomic mass is 127. The number of aromatic nitrogens is 1. The lowest BCUT2D eigenvalue weighted by Crippen LogP contribution is -1.98. The van der Waals surface area contributed by atoms with Gasteiger partial charge in [0.25, 0.3) is 5.69 Å².